The monoisotopic (exact) mass is 438 g/mol. The molecule has 1 N–H and O–H groups in total. The average molecular weight is 439 g/mol. The Balaban J connectivity index is 2.16. The second-order valence-electron chi connectivity index (χ2n) is 9.66. The number of amides is 2. The van der Waals surface area contributed by atoms with Crippen LogP contribution in [0.5, 0.6) is 5.75 Å². The summed E-state index contributed by atoms with van der Waals surface area (Å²) in [7, 11) is 1.62. The molecule has 0 aliphatic rings. The smallest absolute Gasteiger partial charge is 0.242 e. The fourth-order valence-corrected chi connectivity index (χ4v) is 3.52. The van der Waals surface area contributed by atoms with Crippen molar-refractivity contribution in [1.82, 2.24) is 10.2 Å². The van der Waals surface area contributed by atoms with Gasteiger partial charge in [-0.05, 0) is 61.4 Å². The van der Waals surface area contributed by atoms with Crippen LogP contribution in [0.4, 0.5) is 0 Å². The summed E-state index contributed by atoms with van der Waals surface area (Å²) in [6.07, 6.45) is 0.981. The first-order valence-corrected chi connectivity index (χ1v) is 11.3. The Hall–Kier alpha value is -2.82. The van der Waals surface area contributed by atoms with Gasteiger partial charge in [0.1, 0.15) is 11.8 Å². The standard InChI is InChI=1S/C27H38N2O3/c1-19(2)28-26(31)20(3)29(18-22-9-8-10-24(17-22)32-7)25(30)16-13-21-11-14-23(15-12-21)27(4,5)6/h8-12,14-15,17,19-20H,13,16,18H2,1-7H3,(H,28,31)/t20-/m1/s1. The Morgan fingerprint density at radius 1 is 1.00 bits per heavy atom. The molecule has 0 aliphatic heterocycles. The quantitative estimate of drug-likeness (QED) is 0.608. The zero-order valence-corrected chi connectivity index (χ0v) is 20.6. The number of ether oxygens (including phenoxy) is 1. The number of nitrogens with one attached hydrogen (secondary N) is 1. The van der Waals surface area contributed by atoms with Crippen molar-refractivity contribution in [3.63, 3.8) is 0 Å². The molecule has 0 radical (unpaired) electrons. The van der Waals surface area contributed by atoms with E-state index in [1.165, 1.54) is 5.56 Å². The fraction of sp³-hybridized carbons (Fsp3) is 0.481. The van der Waals surface area contributed by atoms with Crippen molar-refractivity contribution in [2.45, 2.75) is 78.4 Å². The van der Waals surface area contributed by atoms with Gasteiger partial charge in [0.25, 0.3) is 0 Å². The van der Waals surface area contributed by atoms with Crippen LogP contribution < -0.4 is 10.1 Å². The van der Waals surface area contributed by atoms with E-state index in [1.807, 2.05) is 38.1 Å². The molecular formula is C27H38N2O3. The van der Waals surface area contributed by atoms with Gasteiger partial charge in [-0.1, -0.05) is 57.2 Å². The third-order valence-electron chi connectivity index (χ3n) is 5.53. The summed E-state index contributed by atoms with van der Waals surface area (Å²) in [5, 5.41) is 2.92. The van der Waals surface area contributed by atoms with Gasteiger partial charge in [-0.25, -0.2) is 0 Å². The highest BCUT2D eigenvalue weighted by atomic mass is 16.5. The molecule has 0 saturated heterocycles. The molecular weight excluding hydrogens is 400 g/mol. The Labute approximate surface area is 193 Å². The molecule has 0 heterocycles. The summed E-state index contributed by atoms with van der Waals surface area (Å²) in [6, 6.07) is 15.5. The van der Waals surface area contributed by atoms with Crippen LogP contribution in [0.2, 0.25) is 0 Å². The van der Waals surface area contributed by atoms with E-state index in [4.69, 9.17) is 4.74 Å². The van der Waals surface area contributed by atoms with Gasteiger partial charge in [-0.15, -0.1) is 0 Å². The zero-order chi connectivity index (χ0) is 23.9. The maximum atomic E-state index is 13.2. The third-order valence-corrected chi connectivity index (χ3v) is 5.53. The largest absolute Gasteiger partial charge is 0.497 e. The molecule has 0 fully saturated rings. The molecule has 2 amide bonds. The molecule has 0 aromatic heterocycles. The minimum absolute atomic E-state index is 0.0139. The number of rotatable bonds is 9. The summed E-state index contributed by atoms with van der Waals surface area (Å²) in [5.74, 6) is 0.540. The Bertz CT molecular complexity index is 898. The Morgan fingerprint density at radius 2 is 1.66 bits per heavy atom. The lowest BCUT2D eigenvalue weighted by Crippen LogP contribution is -2.49. The molecule has 2 rings (SSSR count). The SMILES string of the molecule is COc1cccc(CN(C(=O)CCc2ccc(C(C)(C)C)cc2)[C@H](C)C(=O)NC(C)C)c1. The molecule has 5 heteroatoms. The van der Waals surface area contributed by atoms with Gasteiger partial charge in [0, 0.05) is 19.0 Å². The lowest BCUT2D eigenvalue weighted by molar-refractivity contribution is -0.140. The number of carbonyl (C=O) groups excluding carboxylic acids is 2. The van der Waals surface area contributed by atoms with E-state index < -0.39 is 6.04 Å². The first-order chi connectivity index (χ1) is 15.0. The van der Waals surface area contributed by atoms with Crippen LogP contribution in [0, 0.1) is 0 Å². The molecule has 2 aromatic carbocycles. The number of carbonyl (C=O) groups is 2. The topological polar surface area (TPSA) is 58.6 Å². The highest BCUT2D eigenvalue weighted by molar-refractivity contribution is 5.87. The number of hydrogen-bond acceptors (Lipinski definition) is 3. The minimum Gasteiger partial charge on any atom is -0.497 e. The van der Waals surface area contributed by atoms with E-state index in [1.54, 1.807) is 18.9 Å². The van der Waals surface area contributed by atoms with E-state index in [-0.39, 0.29) is 23.3 Å². The molecule has 5 nitrogen and oxygen atoms in total. The second kappa shape index (κ2) is 11.2. The van der Waals surface area contributed by atoms with Crippen LogP contribution in [0.25, 0.3) is 0 Å². The van der Waals surface area contributed by atoms with Gasteiger partial charge in [-0.3, -0.25) is 9.59 Å². The summed E-state index contributed by atoms with van der Waals surface area (Å²) in [5.41, 5.74) is 3.41. The van der Waals surface area contributed by atoms with Gasteiger partial charge in [-0.2, -0.15) is 0 Å². The summed E-state index contributed by atoms with van der Waals surface area (Å²) in [4.78, 5) is 27.6. The van der Waals surface area contributed by atoms with Crippen LogP contribution >= 0.6 is 0 Å². The van der Waals surface area contributed by atoms with E-state index in [0.29, 0.717) is 19.4 Å². The molecule has 174 valence electrons. The maximum absolute atomic E-state index is 13.2. The van der Waals surface area contributed by atoms with Crippen molar-refractivity contribution in [3.05, 3.63) is 65.2 Å². The van der Waals surface area contributed by atoms with Crippen LogP contribution in [-0.2, 0) is 28.0 Å². The van der Waals surface area contributed by atoms with E-state index in [2.05, 4.69) is 50.4 Å². The zero-order valence-electron chi connectivity index (χ0n) is 20.6. The Kier molecular flexibility index (Phi) is 8.88. The van der Waals surface area contributed by atoms with Crippen molar-refractivity contribution >= 4 is 11.8 Å². The second-order valence-corrected chi connectivity index (χ2v) is 9.66. The molecule has 32 heavy (non-hydrogen) atoms. The molecule has 0 aliphatic carbocycles. The van der Waals surface area contributed by atoms with E-state index >= 15 is 0 Å². The van der Waals surface area contributed by atoms with Gasteiger partial charge in [0.05, 0.1) is 7.11 Å². The summed E-state index contributed by atoms with van der Waals surface area (Å²) >= 11 is 0. The summed E-state index contributed by atoms with van der Waals surface area (Å²) < 4.78 is 5.31. The molecule has 0 spiro atoms. The highest BCUT2D eigenvalue weighted by Gasteiger charge is 2.26. The van der Waals surface area contributed by atoms with Crippen LogP contribution in [0.3, 0.4) is 0 Å². The molecule has 0 saturated carbocycles. The minimum atomic E-state index is -0.570. The summed E-state index contributed by atoms with van der Waals surface area (Å²) in [6.45, 7) is 12.5. The first-order valence-electron chi connectivity index (χ1n) is 11.3. The van der Waals surface area contributed by atoms with Crippen molar-refractivity contribution < 1.29 is 14.3 Å². The number of nitrogens with zero attached hydrogens (tertiary/aromatic N) is 1. The van der Waals surface area contributed by atoms with Crippen molar-refractivity contribution in [2.75, 3.05) is 7.11 Å². The van der Waals surface area contributed by atoms with Gasteiger partial charge < -0.3 is 15.0 Å². The lowest BCUT2D eigenvalue weighted by Gasteiger charge is -2.29. The van der Waals surface area contributed by atoms with E-state index in [0.717, 1.165) is 16.9 Å². The Morgan fingerprint density at radius 3 is 2.22 bits per heavy atom. The fourth-order valence-electron chi connectivity index (χ4n) is 3.52. The highest BCUT2D eigenvalue weighted by Crippen LogP contribution is 2.23. The van der Waals surface area contributed by atoms with Crippen LogP contribution in [0.15, 0.2) is 48.5 Å². The first kappa shape index (κ1) is 25.4. The van der Waals surface area contributed by atoms with Gasteiger partial charge >= 0.3 is 0 Å². The molecule has 1 atom stereocenters. The van der Waals surface area contributed by atoms with Crippen LogP contribution in [0.1, 0.15) is 64.7 Å². The maximum Gasteiger partial charge on any atom is 0.242 e. The average Bonchev–Trinajstić information content (AvgIpc) is 2.74. The predicted octanol–water partition coefficient (Wildman–Crippen LogP) is 4.87. The molecule has 2 aromatic rings. The number of benzene rings is 2. The number of aryl methyl sites for hydroxylation is 1. The lowest BCUT2D eigenvalue weighted by atomic mass is 9.86. The van der Waals surface area contributed by atoms with Crippen molar-refractivity contribution in [3.8, 4) is 5.75 Å². The molecule has 0 unspecified atom stereocenters. The van der Waals surface area contributed by atoms with Crippen LogP contribution in [-0.4, -0.2) is 35.9 Å². The number of methoxy groups -OCH3 is 1. The number of hydrogen-bond donors (Lipinski definition) is 1. The third kappa shape index (κ3) is 7.40. The normalized spacial score (nSPS) is 12.4. The van der Waals surface area contributed by atoms with E-state index in [9.17, 15) is 9.59 Å². The van der Waals surface area contributed by atoms with Gasteiger partial charge in [0.2, 0.25) is 11.8 Å². The van der Waals surface area contributed by atoms with Crippen molar-refractivity contribution in [2.24, 2.45) is 0 Å². The molecule has 0 bridgehead atoms. The van der Waals surface area contributed by atoms with Gasteiger partial charge in [0.15, 0.2) is 0 Å². The van der Waals surface area contributed by atoms with Crippen molar-refractivity contribution in [1.29, 1.82) is 0 Å². The predicted molar refractivity (Wildman–Crippen MR) is 130 cm³/mol.